The van der Waals surface area contributed by atoms with Crippen molar-refractivity contribution in [1.82, 2.24) is 4.90 Å². The van der Waals surface area contributed by atoms with Crippen molar-refractivity contribution in [3.05, 3.63) is 35.8 Å². The van der Waals surface area contributed by atoms with Gasteiger partial charge in [0, 0.05) is 19.5 Å². The van der Waals surface area contributed by atoms with Crippen molar-refractivity contribution in [1.29, 1.82) is 0 Å². The highest BCUT2D eigenvalue weighted by Gasteiger charge is 2.22. The maximum atomic E-state index is 11.1. The summed E-state index contributed by atoms with van der Waals surface area (Å²) in [6.07, 6.45) is -0.405. The third kappa shape index (κ3) is 5.82. The lowest BCUT2D eigenvalue weighted by atomic mass is 10.2. The van der Waals surface area contributed by atoms with E-state index in [-0.39, 0.29) is 23.9 Å². The number of ether oxygens (including phenoxy) is 4. The highest BCUT2D eigenvalue weighted by molar-refractivity contribution is 5.85. The number of carbonyl (C=O) groups is 1. The fraction of sp³-hybridized carbons (Fsp3) is 0.438. The van der Waals surface area contributed by atoms with Gasteiger partial charge in [0.25, 0.3) is 0 Å². The summed E-state index contributed by atoms with van der Waals surface area (Å²) in [4.78, 5) is 13.2. The molecule has 1 aliphatic heterocycles. The SMILES string of the molecule is COC(=O)OC1=C(O)CCN(CCOc2ccc(OC)cc2)C1.Cl. The molecule has 0 bridgehead atoms. The number of carbonyl (C=O) groups excluding carboxylic acids is 1. The molecule has 0 radical (unpaired) electrons. The topological polar surface area (TPSA) is 77.5 Å². The summed E-state index contributed by atoms with van der Waals surface area (Å²) < 4.78 is 20.1. The molecule has 24 heavy (non-hydrogen) atoms. The molecule has 2 rings (SSSR count). The van der Waals surface area contributed by atoms with E-state index in [9.17, 15) is 9.90 Å². The number of hydrogen-bond donors (Lipinski definition) is 1. The minimum Gasteiger partial charge on any atom is -0.509 e. The lowest BCUT2D eigenvalue weighted by Gasteiger charge is -2.27. The monoisotopic (exact) mass is 359 g/mol. The van der Waals surface area contributed by atoms with Crippen molar-refractivity contribution in [3.63, 3.8) is 0 Å². The Morgan fingerprint density at radius 3 is 2.50 bits per heavy atom. The summed E-state index contributed by atoms with van der Waals surface area (Å²) in [6, 6.07) is 7.34. The van der Waals surface area contributed by atoms with Gasteiger partial charge in [0.1, 0.15) is 23.9 Å². The lowest BCUT2D eigenvalue weighted by Crippen LogP contribution is -2.36. The number of methoxy groups -OCH3 is 2. The van der Waals surface area contributed by atoms with Crippen LogP contribution in [0, 0.1) is 0 Å². The van der Waals surface area contributed by atoms with Gasteiger partial charge in [-0.1, -0.05) is 0 Å². The van der Waals surface area contributed by atoms with Crippen LogP contribution >= 0.6 is 12.4 Å². The summed E-state index contributed by atoms with van der Waals surface area (Å²) in [7, 11) is 2.84. The van der Waals surface area contributed by atoms with Crippen LogP contribution in [0.2, 0.25) is 0 Å². The summed E-state index contributed by atoms with van der Waals surface area (Å²) in [5, 5.41) is 9.76. The van der Waals surface area contributed by atoms with Crippen LogP contribution in [0.5, 0.6) is 11.5 Å². The molecule has 7 nitrogen and oxygen atoms in total. The van der Waals surface area contributed by atoms with Crippen LogP contribution in [-0.2, 0) is 9.47 Å². The Morgan fingerprint density at radius 1 is 1.21 bits per heavy atom. The first kappa shape index (κ1) is 19.9. The second-order valence-corrected chi connectivity index (χ2v) is 4.98. The number of aliphatic hydroxyl groups is 1. The minimum atomic E-state index is -0.831. The molecular weight excluding hydrogens is 338 g/mol. The maximum absolute atomic E-state index is 11.1. The van der Waals surface area contributed by atoms with Gasteiger partial charge in [-0.3, -0.25) is 4.90 Å². The van der Waals surface area contributed by atoms with E-state index in [4.69, 9.17) is 14.2 Å². The Hall–Kier alpha value is -2.12. The van der Waals surface area contributed by atoms with E-state index < -0.39 is 6.16 Å². The molecule has 8 heteroatoms. The van der Waals surface area contributed by atoms with E-state index in [1.165, 1.54) is 7.11 Å². The van der Waals surface area contributed by atoms with Crippen LogP contribution in [0.1, 0.15) is 6.42 Å². The van der Waals surface area contributed by atoms with Gasteiger partial charge >= 0.3 is 6.16 Å². The van der Waals surface area contributed by atoms with Crippen LogP contribution in [0.3, 0.4) is 0 Å². The fourth-order valence-electron chi connectivity index (χ4n) is 2.17. The molecule has 0 fully saturated rings. The Labute approximate surface area is 147 Å². The number of halogens is 1. The largest absolute Gasteiger partial charge is 0.513 e. The second-order valence-electron chi connectivity index (χ2n) is 4.98. The molecule has 134 valence electrons. The molecule has 1 heterocycles. The molecule has 0 unspecified atom stereocenters. The molecule has 1 aliphatic rings. The zero-order valence-electron chi connectivity index (χ0n) is 13.7. The Balaban J connectivity index is 0.00000288. The fourth-order valence-corrected chi connectivity index (χ4v) is 2.17. The molecule has 0 amide bonds. The van der Waals surface area contributed by atoms with Crippen LogP contribution in [0.4, 0.5) is 4.79 Å². The van der Waals surface area contributed by atoms with Crippen LogP contribution in [0.15, 0.2) is 35.8 Å². The first-order chi connectivity index (χ1) is 11.1. The third-order valence-corrected chi connectivity index (χ3v) is 3.46. The van der Waals surface area contributed by atoms with Crippen LogP contribution < -0.4 is 9.47 Å². The molecule has 1 aromatic rings. The lowest BCUT2D eigenvalue weighted by molar-refractivity contribution is 0.0771. The number of benzene rings is 1. The normalized spacial score (nSPS) is 14.6. The number of rotatable bonds is 6. The molecular formula is C16H22ClNO6. The van der Waals surface area contributed by atoms with Crippen LogP contribution in [0.25, 0.3) is 0 Å². The number of hydrogen-bond acceptors (Lipinski definition) is 7. The molecule has 1 N–H and O–H groups in total. The van der Waals surface area contributed by atoms with Crippen molar-refractivity contribution >= 4 is 18.6 Å². The van der Waals surface area contributed by atoms with Gasteiger partial charge in [0.15, 0.2) is 5.76 Å². The molecule has 0 atom stereocenters. The molecule has 0 saturated heterocycles. The summed E-state index contributed by atoms with van der Waals surface area (Å²) in [5.41, 5.74) is 0. The first-order valence-corrected chi connectivity index (χ1v) is 7.28. The average molecular weight is 360 g/mol. The molecule has 0 spiro atoms. The van der Waals surface area contributed by atoms with Gasteiger partial charge in [0.05, 0.1) is 20.8 Å². The minimum absolute atomic E-state index is 0. The average Bonchev–Trinajstić information content (AvgIpc) is 2.58. The Morgan fingerprint density at radius 2 is 1.88 bits per heavy atom. The summed E-state index contributed by atoms with van der Waals surface area (Å²) in [6.45, 7) is 2.14. The van der Waals surface area contributed by atoms with Crippen molar-refractivity contribution in [2.45, 2.75) is 6.42 Å². The number of aliphatic hydroxyl groups excluding tert-OH is 1. The van der Waals surface area contributed by atoms with Crippen molar-refractivity contribution in [2.24, 2.45) is 0 Å². The second kappa shape index (κ2) is 9.89. The number of nitrogens with zero attached hydrogens (tertiary/aromatic N) is 1. The molecule has 0 aromatic heterocycles. The zero-order chi connectivity index (χ0) is 16.7. The molecule has 0 saturated carbocycles. The van der Waals surface area contributed by atoms with Gasteiger partial charge in [0.2, 0.25) is 0 Å². The molecule has 1 aromatic carbocycles. The van der Waals surface area contributed by atoms with Gasteiger partial charge in [-0.2, -0.15) is 0 Å². The van der Waals surface area contributed by atoms with Crippen molar-refractivity contribution in [2.75, 3.05) is 40.5 Å². The highest BCUT2D eigenvalue weighted by atomic mass is 35.5. The van der Waals surface area contributed by atoms with E-state index in [1.54, 1.807) is 7.11 Å². The zero-order valence-corrected chi connectivity index (χ0v) is 14.5. The van der Waals surface area contributed by atoms with Gasteiger partial charge in [-0.15, -0.1) is 12.4 Å². The quantitative estimate of drug-likeness (QED) is 0.782. The van der Waals surface area contributed by atoms with E-state index in [1.807, 2.05) is 29.2 Å². The first-order valence-electron chi connectivity index (χ1n) is 7.28. The Kier molecular flexibility index (Phi) is 8.21. The summed E-state index contributed by atoms with van der Waals surface area (Å²) in [5.74, 6) is 1.85. The van der Waals surface area contributed by atoms with Crippen LogP contribution in [-0.4, -0.2) is 56.6 Å². The smallest absolute Gasteiger partial charge is 0.509 e. The van der Waals surface area contributed by atoms with Gasteiger partial charge < -0.3 is 24.1 Å². The third-order valence-electron chi connectivity index (χ3n) is 3.46. The maximum Gasteiger partial charge on any atom is 0.513 e. The van der Waals surface area contributed by atoms with Crippen molar-refractivity contribution < 1.29 is 28.8 Å². The predicted octanol–water partition coefficient (Wildman–Crippen LogP) is 2.75. The van der Waals surface area contributed by atoms with E-state index >= 15 is 0 Å². The van der Waals surface area contributed by atoms with E-state index in [0.29, 0.717) is 32.7 Å². The van der Waals surface area contributed by atoms with E-state index in [0.717, 1.165) is 11.5 Å². The van der Waals surface area contributed by atoms with Gasteiger partial charge in [-0.05, 0) is 24.3 Å². The van der Waals surface area contributed by atoms with Crippen molar-refractivity contribution in [3.8, 4) is 11.5 Å². The Bertz CT molecular complexity index is 560. The highest BCUT2D eigenvalue weighted by Crippen LogP contribution is 2.19. The van der Waals surface area contributed by atoms with E-state index in [2.05, 4.69) is 4.74 Å². The standard InChI is InChI=1S/C16H21NO6.ClH/c1-20-12-3-5-13(6-4-12)22-10-9-17-8-7-14(18)15(11-17)23-16(19)21-2;/h3-6,18H,7-11H2,1-2H3;1H. The molecule has 0 aliphatic carbocycles. The van der Waals surface area contributed by atoms with Gasteiger partial charge in [-0.25, -0.2) is 4.79 Å². The predicted molar refractivity (Wildman–Crippen MR) is 89.9 cm³/mol. The summed E-state index contributed by atoms with van der Waals surface area (Å²) >= 11 is 0.